The van der Waals surface area contributed by atoms with Gasteiger partial charge in [-0.15, -0.1) is 11.3 Å². The first-order valence-corrected chi connectivity index (χ1v) is 12.8. The minimum absolute atomic E-state index is 0.00716. The summed E-state index contributed by atoms with van der Waals surface area (Å²) in [6, 6.07) is 10.3. The monoisotopic (exact) mass is 468 g/mol. The summed E-state index contributed by atoms with van der Waals surface area (Å²) in [6.07, 6.45) is 4.40. The summed E-state index contributed by atoms with van der Waals surface area (Å²) in [5.74, 6) is 0.116. The Morgan fingerprint density at radius 3 is 2.30 bits per heavy atom. The second-order valence-corrected chi connectivity index (χ2v) is 10.7. The zero-order chi connectivity index (χ0) is 22.8. The molecule has 7 nitrogen and oxygen atoms in total. The van der Waals surface area contributed by atoms with Crippen LogP contribution >= 0.6 is 11.3 Å². The van der Waals surface area contributed by atoms with E-state index in [1.54, 1.807) is 29.2 Å². The Morgan fingerprint density at radius 1 is 0.879 bits per heavy atom. The predicted octanol–water partition coefficient (Wildman–Crippen LogP) is 2.19. The van der Waals surface area contributed by atoms with Gasteiger partial charge in [0.25, 0.3) is 0 Å². The van der Waals surface area contributed by atoms with Crippen molar-refractivity contribution in [3.8, 4) is 5.75 Å². The summed E-state index contributed by atoms with van der Waals surface area (Å²) in [5.41, 5.74) is 0.918. The Balaban J connectivity index is 1.16. The van der Waals surface area contributed by atoms with Gasteiger partial charge in [-0.05, 0) is 55.8 Å². The maximum absolute atomic E-state index is 13.1. The number of amides is 2. The molecule has 0 bridgehead atoms. The Bertz CT molecular complexity index is 986. The third kappa shape index (κ3) is 5.23. The van der Waals surface area contributed by atoms with Gasteiger partial charge in [0, 0.05) is 48.9 Å². The molecule has 2 N–H and O–H groups in total. The molecule has 176 valence electrons. The fourth-order valence-electron chi connectivity index (χ4n) is 5.16. The van der Waals surface area contributed by atoms with Crippen LogP contribution in [0.1, 0.15) is 34.6 Å². The van der Waals surface area contributed by atoms with E-state index in [0.717, 1.165) is 25.2 Å². The van der Waals surface area contributed by atoms with Crippen LogP contribution in [0.5, 0.6) is 5.75 Å². The number of phenolic OH excluding ortho intramolecular Hbond substituents is 1. The molecule has 3 aliphatic heterocycles. The van der Waals surface area contributed by atoms with E-state index in [1.165, 1.54) is 42.1 Å². The number of benzene rings is 1. The molecule has 8 heteroatoms. The van der Waals surface area contributed by atoms with Gasteiger partial charge in [-0.1, -0.05) is 18.6 Å². The number of rotatable bonds is 6. The summed E-state index contributed by atoms with van der Waals surface area (Å²) in [6.45, 7) is 6.20. The maximum atomic E-state index is 13.1. The van der Waals surface area contributed by atoms with Crippen LogP contribution in [0.2, 0.25) is 0 Å². The average molecular weight is 469 g/mol. The molecule has 3 saturated heterocycles. The van der Waals surface area contributed by atoms with Gasteiger partial charge in [0.15, 0.2) is 0 Å². The fourth-order valence-corrected chi connectivity index (χ4v) is 6.26. The SMILES string of the molecule is O=C1N[C@@H](Cc2ccc(O)cc2)C(=O)N2CCN(Cc3ccc(CN4CCCCC4)s3)C[C@H]12. The van der Waals surface area contributed by atoms with Gasteiger partial charge in [-0.3, -0.25) is 19.4 Å². The van der Waals surface area contributed by atoms with Gasteiger partial charge in [0.2, 0.25) is 11.8 Å². The van der Waals surface area contributed by atoms with Crippen molar-refractivity contribution in [3.05, 3.63) is 51.7 Å². The van der Waals surface area contributed by atoms with Crippen LogP contribution in [0.15, 0.2) is 36.4 Å². The molecule has 2 atom stereocenters. The van der Waals surface area contributed by atoms with Gasteiger partial charge in [-0.2, -0.15) is 0 Å². The van der Waals surface area contributed by atoms with Gasteiger partial charge < -0.3 is 15.3 Å². The number of fused-ring (bicyclic) bond motifs is 1. The lowest BCUT2D eigenvalue weighted by Gasteiger charge is -2.45. The molecular formula is C25H32N4O3S. The minimum atomic E-state index is -0.542. The van der Waals surface area contributed by atoms with Crippen molar-refractivity contribution in [3.63, 3.8) is 0 Å². The Kier molecular flexibility index (Phi) is 6.66. The number of hydrogen-bond donors (Lipinski definition) is 2. The first kappa shape index (κ1) is 22.4. The maximum Gasteiger partial charge on any atom is 0.246 e. The van der Waals surface area contributed by atoms with Crippen molar-refractivity contribution in [2.24, 2.45) is 0 Å². The highest BCUT2D eigenvalue weighted by Gasteiger charge is 2.43. The molecule has 33 heavy (non-hydrogen) atoms. The third-order valence-corrected chi connectivity index (χ3v) is 8.02. The highest BCUT2D eigenvalue weighted by atomic mass is 32.1. The number of nitrogens with zero attached hydrogens (tertiary/aromatic N) is 3. The van der Waals surface area contributed by atoms with Gasteiger partial charge >= 0.3 is 0 Å². The molecule has 2 amide bonds. The normalized spacial score (nSPS) is 24.5. The number of carbonyl (C=O) groups is 2. The molecule has 0 aliphatic carbocycles. The second kappa shape index (κ2) is 9.83. The highest BCUT2D eigenvalue weighted by molar-refractivity contribution is 7.11. The van der Waals surface area contributed by atoms with E-state index in [4.69, 9.17) is 0 Å². The molecule has 1 aromatic heterocycles. The van der Waals surface area contributed by atoms with Crippen molar-refractivity contribution in [2.45, 2.75) is 50.9 Å². The van der Waals surface area contributed by atoms with Gasteiger partial charge in [0.1, 0.15) is 17.8 Å². The number of hydrogen-bond acceptors (Lipinski definition) is 6. The first-order valence-electron chi connectivity index (χ1n) is 12.0. The van der Waals surface area contributed by atoms with Crippen LogP contribution in [0.3, 0.4) is 0 Å². The van der Waals surface area contributed by atoms with Crippen molar-refractivity contribution in [2.75, 3.05) is 32.7 Å². The lowest BCUT2D eigenvalue weighted by molar-refractivity contribution is -0.153. The number of carbonyl (C=O) groups excluding carboxylic acids is 2. The lowest BCUT2D eigenvalue weighted by atomic mass is 9.98. The molecule has 0 radical (unpaired) electrons. The summed E-state index contributed by atoms with van der Waals surface area (Å²) in [5, 5.41) is 12.4. The van der Waals surface area contributed by atoms with Crippen molar-refractivity contribution < 1.29 is 14.7 Å². The van der Waals surface area contributed by atoms with Crippen LogP contribution in [-0.2, 0) is 29.1 Å². The van der Waals surface area contributed by atoms with E-state index in [0.29, 0.717) is 19.5 Å². The van der Waals surface area contributed by atoms with Crippen molar-refractivity contribution in [1.82, 2.24) is 20.0 Å². The van der Waals surface area contributed by atoms with Crippen LogP contribution in [-0.4, -0.2) is 76.4 Å². The van der Waals surface area contributed by atoms with Crippen LogP contribution in [0.4, 0.5) is 0 Å². The number of piperidine rings is 1. The molecule has 1 aromatic carbocycles. The zero-order valence-electron chi connectivity index (χ0n) is 18.9. The van der Waals surface area contributed by atoms with E-state index in [1.807, 2.05) is 11.3 Å². The number of piperazine rings is 2. The number of likely N-dealkylation sites (tertiary alicyclic amines) is 1. The standard InChI is InChI=1S/C25H32N4O3S/c30-19-6-4-18(5-7-19)14-22-25(32)29-13-12-28(17-23(29)24(31)26-22)16-21-9-8-20(33-21)15-27-10-2-1-3-11-27/h4-9,22-23,30H,1-3,10-17H2,(H,26,31)/t22-,23+/m0/s1. The predicted molar refractivity (Wildman–Crippen MR) is 128 cm³/mol. The third-order valence-electron chi connectivity index (χ3n) is 6.97. The zero-order valence-corrected chi connectivity index (χ0v) is 19.7. The van der Waals surface area contributed by atoms with Crippen LogP contribution in [0, 0.1) is 0 Å². The van der Waals surface area contributed by atoms with Gasteiger partial charge in [0.05, 0.1) is 0 Å². The smallest absolute Gasteiger partial charge is 0.246 e. The van der Waals surface area contributed by atoms with Gasteiger partial charge in [-0.25, -0.2) is 0 Å². The lowest BCUT2D eigenvalue weighted by Crippen LogP contribution is -2.69. The van der Waals surface area contributed by atoms with E-state index >= 15 is 0 Å². The molecule has 5 rings (SSSR count). The molecule has 0 saturated carbocycles. The molecule has 3 aliphatic rings. The number of phenols is 1. The molecule has 3 fully saturated rings. The summed E-state index contributed by atoms with van der Waals surface area (Å²) in [7, 11) is 0. The highest BCUT2D eigenvalue weighted by Crippen LogP contribution is 2.24. The number of nitrogens with one attached hydrogen (secondary N) is 1. The topological polar surface area (TPSA) is 76.1 Å². The summed E-state index contributed by atoms with van der Waals surface area (Å²) < 4.78 is 0. The first-order chi connectivity index (χ1) is 16.0. The number of aromatic hydroxyl groups is 1. The second-order valence-electron chi connectivity index (χ2n) is 9.42. The van der Waals surface area contributed by atoms with E-state index < -0.39 is 12.1 Å². The molecule has 4 heterocycles. The number of thiophene rings is 1. The van der Waals surface area contributed by atoms with E-state index in [-0.39, 0.29) is 17.6 Å². The summed E-state index contributed by atoms with van der Waals surface area (Å²) in [4.78, 5) is 35.3. The average Bonchev–Trinajstić information content (AvgIpc) is 3.26. The Labute approximate surface area is 199 Å². The van der Waals surface area contributed by atoms with E-state index in [2.05, 4.69) is 27.2 Å². The molecule has 0 unspecified atom stereocenters. The van der Waals surface area contributed by atoms with Crippen molar-refractivity contribution >= 4 is 23.2 Å². The molecule has 0 spiro atoms. The van der Waals surface area contributed by atoms with Crippen LogP contribution < -0.4 is 5.32 Å². The Morgan fingerprint density at radius 2 is 1.58 bits per heavy atom. The summed E-state index contributed by atoms with van der Waals surface area (Å²) >= 11 is 1.87. The molecule has 2 aromatic rings. The van der Waals surface area contributed by atoms with Crippen molar-refractivity contribution in [1.29, 1.82) is 0 Å². The largest absolute Gasteiger partial charge is 0.508 e. The quantitative estimate of drug-likeness (QED) is 0.680. The Hall–Kier alpha value is -2.42. The fraction of sp³-hybridized carbons (Fsp3) is 0.520. The minimum Gasteiger partial charge on any atom is -0.508 e. The van der Waals surface area contributed by atoms with Crippen LogP contribution in [0.25, 0.3) is 0 Å². The van der Waals surface area contributed by atoms with E-state index in [9.17, 15) is 14.7 Å². The molecular weight excluding hydrogens is 436 g/mol.